The lowest BCUT2D eigenvalue weighted by Crippen LogP contribution is -2.49. The molecule has 1 spiro atoms. The molecule has 0 amide bonds. The number of rotatable bonds is 6. The van der Waals surface area contributed by atoms with E-state index in [1.807, 2.05) is 36.4 Å². The predicted molar refractivity (Wildman–Crippen MR) is 125 cm³/mol. The number of morpholine rings is 1. The lowest BCUT2D eigenvalue weighted by atomic mass is 9.87. The average molecular weight is 459 g/mol. The second-order valence-electron chi connectivity index (χ2n) is 9.08. The number of aliphatic hydroxyl groups is 1. The summed E-state index contributed by atoms with van der Waals surface area (Å²) in [5.41, 5.74) is 2.23. The molecule has 0 radical (unpaired) electrons. The van der Waals surface area contributed by atoms with Gasteiger partial charge in [0.2, 0.25) is 0 Å². The number of nitrogens with zero attached hydrogens (tertiary/aromatic N) is 2. The van der Waals surface area contributed by atoms with Gasteiger partial charge in [0.15, 0.2) is 0 Å². The molecule has 0 bridgehead atoms. The summed E-state index contributed by atoms with van der Waals surface area (Å²) >= 11 is 6.14. The smallest absolute Gasteiger partial charge is 0.123 e. The fourth-order valence-electron chi connectivity index (χ4n) is 4.96. The standard InChI is InChI=1S/C25H31ClN2O4/c26-20-4-5-24-19(14-20)16-25(32-24)6-8-27(9-7-25)17-22(29)18-31-23-3-1-2-21(15-23)28-10-12-30-13-11-28/h1-5,14-15,22,29H,6-13,16-18H2/t22-/m0/s1. The SMILES string of the molecule is O[C@H](COc1cccc(N2CCOCC2)c1)CN1CCC2(CC1)Cc1cc(Cl)ccc1O2. The first kappa shape index (κ1) is 21.8. The van der Waals surface area contributed by atoms with Gasteiger partial charge in [0.1, 0.15) is 29.8 Å². The molecule has 3 heterocycles. The van der Waals surface area contributed by atoms with Crippen molar-refractivity contribution in [2.45, 2.75) is 31.0 Å². The lowest BCUT2D eigenvalue weighted by Gasteiger charge is -2.39. The quantitative estimate of drug-likeness (QED) is 0.716. The van der Waals surface area contributed by atoms with Crippen LogP contribution in [0.1, 0.15) is 18.4 Å². The van der Waals surface area contributed by atoms with Crippen LogP contribution in [0.25, 0.3) is 0 Å². The Labute approximate surface area is 194 Å². The number of benzene rings is 2. The van der Waals surface area contributed by atoms with Crippen molar-refractivity contribution in [3.63, 3.8) is 0 Å². The van der Waals surface area contributed by atoms with Crippen molar-refractivity contribution in [3.05, 3.63) is 53.1 Å². The molecule has 0 saturated carbocycles. The van der Waals surface area contributed by atoms with E-state index in [1.54, 1.807) is 0 Å². The number of piperidine rings is 1. The van der Waals surface area contributed by atoms with E-state index in [-0.39, 0.29) is 12.2 Å². The minimum atomic E-state index is -0.531. The van der Waals surface area contributed by atoms with Gasteiger partial charge in [-0.05, 0) is 35.9 Å². The fraction of sp³-hybridized carbons (Fsp3) is 0.520. The largest absolute Gasteiger partial charge is 0.491 e. The number of hydrogen-bond donors (Lipinski definition) is 1. The molecule has 1 N–H and O–H groups in total. The highest BCUT2D eigenvalue weighted by atomic mass is 35.5. The van der Waals surface area contributed by atoms with Crippen LogP contribution in [-0.4, -0.2) is 74.3 Å². The van der Waals surface area contributed by atoms with Gasteiger partial charge in [0.25, 0.3) is 0 Å². The van der Waals surface area contributed by atoms with Gasteiger partial charge in [-0.1, -0.05) is 17.7 Å². The van der Waals surface area contributed by atoms with Crippen molar-refractivity contribution in [2.75, 3.05) is 57.4 Å². The predicted octanol–water partition coefficient (Wildman–Crippen LogP) is 3.39. The van der Waals surface area contributed by atoms with Crippen LogP contribution in [0.4, 0.5) is 5.69 Å². The summed E-state index contributed by atoms with van der Waals surface area (Å²) in [7, 11) is 0. The summed E-state index contributed by atoms with van der Waals surface area (Å²) in [5.74, 6) is 1.76. The lowest BCUT2D eigenvalue weighted by molar-refractivity contribution is -0.00195. The third-order valence-corrected chi connectivity index (χ3v) is 6.97. The monoisotopic (exact) mass is 458 g/mol. The first-order chi connectivity index (χ1) is 15.6. The molecule has 2 fully saturated rings. The van der Waals surface area contributed by atoms with Gasteiger partial charge in [-0.15, -0.1) is 0 Å². The number of fused-ring (bicyclic) bond motifs is 1. The Morgan fingerprint density at radius 3 is 2.69 bits per heavy atom. The van der Waals surface area contributed by atoms with Gasteiger partial charge in [-0.2, -0.15) is 0 Å². The van der Waals surface area contributed by atoms with Crippen LogP contribution in [0.5, 0.6) is 11.5 Å². The fourth-order valence-corrected chi connectivity index (χ4v) is 5.15. The van der Waals surface area contributed by atoms with E-state index in [4.69, 9.17) is 25.8 Å². The summed E-state index contributed by atoms with van der Waals surface area (Å²) in [5, 5.41) is 11.3. The molecule has 3 aliphatic rings. The number of hydrogen-bond acceptors (Lipinski definition) is 6. The van der Waals surface area contributed by atoms with E-state index in [2.05, 4.69) is 15.9 Å². The molecule has 32 heavy (non-hydrogen) atoms. The molecular formula is C25H31ClN2O4. The highest BCUT2D eigenvalue weighted by Gasteiger charge is 2.42. The highest BCUT2D eigenvalue weighted by Crippen LogP contribution is 2.41. The van der Waals surface area contributed by atoms with Gasteiger partial charge in [-0.3, -0.25) is 0 Å². The van der Waals surface area contributed by atoms with Crippen LogP contribution in [0.15, 0.2) is 42.5 Å². The van der Waals surface area contributed by atoms with Gasteiger partial charge >= 0.3 is 0 Å². The second-order valence-corrected chi connectivity index (χ2v) is 9.51. The van der Waals surface area contributed by atoms with Gasteiger partial charge in [0, 0.05) is 68.8 Å². The number of anilines is 1. The van der Waals surface area contributed by atoms with Crippen LogP contribution in [0.3, 0.4) is 0 Å². The van der Waals surface area contributed by atoms with Crippen molar-refractivity contribution in [3.8, 4) is 11.5 Å². The summed E-state index contributed by atoms with van der Waals surface area (Å²) in [6.45, 7) is 6.01. The summed E-state index contributed by atoms with van der Waals surface area (Å²) in [6, 6.07) is 14.0. The molecule has 5 rings (SSSR count). The Bertz CT molecular complexity index is 926. The maximum absolute atomic E-state index is 10.6. The number of halogens is 1. The normalized spacial score (nSPS) is 21.2. The van der Waals surface area contributed by atoms with E-state index < -0.39 is 6.10 Å². The zero-order chi connectivity index (χ0) is 22.0. The summed E-state index contributed by atoms with van der Waals surface area (Å²) < 4.78 is 17.7. The van der Waals surface area contributed by atoms with Gasteiger partial charge in [0.05, 0.1) is 13.2 Å². The molecule has 172 valence electrons. The van der Waals surface area contributed by atoms with Gasteiger partial charge in [-0.25, -0.2) is 0 Å². The van der Waals surface area contributed by atoms with Crippen molar-refractivity contribution in [2.24, 2.45) is 0 Å². The maximum Gasteiger partial charge on any atom is 0.123 e. The third kappa shape index (κ3) is 4.99. The molecule has 0 unspecified atom stereocenters. The number of aliphatic hydroxyl groups excluding tert-OH is 1. The van der Waals surface area contributed by atoms with Gasteiger partial charge < -0.3 is 29.1 Å². The van der Waals surface area contributed by atoms with Crippen molar-refractivity contribution >= 4 is 17.3 Å². The van der Waals surface area contributed by atoms with E-state index in [0.29, 0.717) is 6.54 Å². The molecule has 7 heteroatoms. The molecule has 2 aromatic carbocycles. The van der Waals surface area contributed by atoms with E-state index in [9.17, 15) is 5.11 Å². The topological polar surface area (TPSA) is 54.4 Å². The van der Waals surface area contributed by atoms with Crippen LogP contribution in [0, 0.1) is 0 Å². The Balaban J connectivity index is 1.08. The molecule has 6 nitrogen and oxygen atoms in total. The minimum Gasteiger partial charge on any atom is -0.491 e. The van der Waals surface area contributed by atoms with Crippen LogP contribution in [0.2, 0.25) is 5.02 Å². The second kappa shape index (κ2) is 9.48. The molecule has 3 aliphatic heterocycles. The number of ether oxygens (including phenoxy) is 3. The zero-order valence-corrected chi connectivity index (χ0v) is 19.1. The molecule has 2 aromatic rings. The molecule has 2 saturated heterocycles. The number of β-amino-alcohol motifs (C(OH)–C–C–N with tert-alkyl or cyclic N) is 1. The zero-order valence-electron chi connectivity index (χ0n) is 18.3. The Morgan fingerprint density at radius 1 is 1.06 bits per heavy atom. The Morgan fingerprint density at radius 2 is 1.88 bits per heavy atom. The van der Waals surface area contributed by atoms with Crippen molar-refractivity contribution in [1.82, 2.24) is 4.90 Å². The van der Waals surface area contributed by atoms with Crippen LogP contribution >= 0.6 is 11.6 Å². The van der Waals surface area contributed by atoms with Crippen molar-refractivity contribution in [1.29, 1.82) is 0 Å². The molecule has 0 aliphatic carbocycles. The first-order valence-electron chi connectivity index (χ1n) is 11.5. The van der Waals surface area contributed by atoms with Crippen LogP contribution < -0.4 is 14.4 Å². The Hall–Kier alpha value is -1.99. The third-order valence-electron chi connectivity index (χ3n) is 6.73. The molecular weight excluding hydrogens is 428 g/mol. The summed E-state index contributed by atoms with van der Waals surface area (Å²) in [6.07, 6.45) is 2.29. The Kier molecular flexibility index (Phi) is 6.47. The van der Waals surface area contributed by atoms with E-state index >= 15 is 0 Å². The van der Waals surface area contributed by atoms with Crippen molar-refractivity contribution < 1.29 is 19.3 Å². The minimum absolute atomic E-state index is 0.120. The van der Waals surface area contributed by atoms with E-state index in [1.165, 1.54) is 5.56 Å². The highest BCUT2D eigenvalue weighted by molar-refractivity contribution is 6.30. The average Bonchev–Trinajstić information content (AvgIpc) is 3.17. The number of likely N-dealkylation sites (tertiary alicyclic amines) is 1. The molecule has 0 aromatic heterocycles. The van der Waals surface area contributed by atoms with Crippen LogP contribution in [-0.2, 0) is 11.2 Å². The van der Waals surface area contributed by atoms with E-state index in [0.717, 1.165) is 80.9 Å². The molecule has 1 atom stereocenters. The first-order valence-corrected chi connectivity index (χ1v) is 11.9. The summed E-state index contributed by atoms with van der Waals surface area (Å²) in [4.78, 5) is 4.61. The maximum atomic E-state index is 10.6.